The molecule has 1 saturated heterocycles. The van der Waals surface area contributed by atoms with E-state index in [-0.39, 0.29) is 0 Å². The van der Waals surface area contributed by atoms with E-state index in [2.05, 4.69) is 15.0 Å². The monoisotopic (exact) mass is 130 g/mol. The van der Waals surface area contributed by atoms with Gasteiger partial charge in [0.1, 0.15) is 10.4 Å². The lowest BCUT2D eigenvalue weighted by atomic mass is 10.6. The van der Waals surface area contributed by atoms with Crippen molar-refractivity contribution in [2.75, 3.05) is 24.6 Å². The molecule has 0 saturated carbocycles. The largest absolute Gasteiger partial charge is 0.325 e. The predicted molar refractivity (Wildman–Crippen MR) is 34.7 cm³/mol. The van der Waals surface area contributed by atoms with Crippen LogP contribution in [-0.4, -0.2) is 39.6 Å². The maximum Gasteiger partial charge on any atom is 0.143 e. The Morgan fingerprint density at radius 1 is 1.29 bits per heavy atom. The quantitative estimate of drug-likeness (QED) is 0.428. The lowest BCUT2D eigenvalue weighted by molar-refractivity contribution is 0.502. The molecule has 1 aliphatic heterocycles. The second-order valence-corrected chi connectivity index (χ2v) is 3.46. The first-order valence-electron chi connectivity index (χ1n) is 2.43. The van der Waals surface area contributed by atoms with E-state index < -0.39 is 0 Å². The van der Waals surface area contributed by atoms with Crippen LogP contribution in [-0.2, 0) is 0 Å². The van der Waals surface area contributed by atoms with Gasteiger partial charge in [-0.3, -0.25) is 0 Å². The van der Waals surface area contributed by atoms with Crippen LogP contribution in [0, 0.1) is 0 Å². The van der Waals surface area contributed by atoms with Crippen LogP contribution < -0.4 is 0 Å². The standard InChI is InChI=1S/C4H8NSSi/c7-5-1-3-6-4-2-5/h1-4H2. The summed E-state index contributed by atoms with van der Waals surface area (Å²) in [6, 6.07) is 0. The summed E-state index contributed by atoms with van der Waals surface area (Å²) in [6.07, 6.45) is 0. The van der Waals surface area contributed by atoms with Crippen molar-refractivity contribution in [1.82, 2.24) is 4.57 Å². The molecule has 0 spiro atoms. The zero-order valence-electron chi connectivity index (χ0n) is 4.18. The number of hydrogen-bond donors (Lipinski definition) is 0. The third kappa shape index (κ3) is 1.84. The van der Waals surface area contributed by atoms with E-state index in [4.69, 9.17) is 0 Å². The molecule has 3 radical (unpaired) electrons. The van der Waals surface area contributed by atoms with E-state index in [0.717, 1.165) is 0 Å². The molecule has 1 nitrogen and oxygen atoms in total. The van der Waals surface area contributed by atoms with Crippen LogP contribution >= 0.6 is 11.8 Å². The van der Waals surface area contributed by atoms with Crippen LogP contribution in [0.3, 0.4) is 0 Å². The molecule has 0 bridgehead atoms. The van der Waals surface area contributed by atoms with Gasteiger partial charge in [0.25, 0.3) is 0 Å². The Kier molecular flexibility index (Phi) is 2.22. The van der Waals surface area contributed by atoms with Crippen molar-refractivity contribution < 1.29 is 0 Å². The lowest BCUT2D eigenvalue weighted by Crippen LogP contribution is -2.29. The van der Waals surface area contributed by atoms with Gasteiger partial charge >= 0.3 is 0 Å². The van der Waals surface area contributed by atoms with Gasteiger partial charge in [-0.1, -0.05) is 0 Å². The summed E-state index contributed by atoms with van der Waals surface area (Å²) in [5.41, 5.74) is 0. The van der Waals surface area contributed by atoms with Gasteiger partial charge in [-0.2, -0.15) is 11.8 Å². The van der Waals surface area contributed by atoms with Gasteiger partial charge in [-0.05, 0) is 0 Å². The molecule has 1 rings (SSSR count). The van der Waals surface area contributed by atoms with E-state index in [1.165, 1.54) is 24.6 Å². The molecular formula is C4H8NSSi. The maximum atomic E-state index is 3.45. The summed E-state index contributed by atoms with van der Waals surface area (Å²) in [6.45, 7) is 2.39. The Morgan fingerprint density at radius 3 is 2.14 bits per heavy atom. The maximum absolute atomic E-state index is 3.45. The fourth-order valence-electron chi connectivity index (χ4n) is 0.563. The van der Waals surface area contributed by atoms with Gasteiger partial charge in [-0.25, -0.2) is 0 Å². The summed E-state index contributed by atoms with van der Waals surface area (Å²) < 4.78 is 2.18. The number of rotatable bonds is 0. The minimum Gasteiger partial charge on any atom is -0.325 e. The van der Waals surface area contributed by atoms with Crippen molar-refractivity contribution in [1.29, 1.82) is 0 Å². The highest BCUT2D eigenvalue weighted by atomic mass is 32.2. The van der Waals surface area contributed by atoms with Gasteiger partial charge in [0.2, 0.25) is 0 Å². The highest BCUT2D eigenvalue weighted by molar-refractivity contribution is 7.99. The summed E-state index contributed by atoms with van der Waals surface area (Å²) in [7, 11) is 3.45. The zero-order chi connectivity index (χ0) is 5.11. The second-order valence-electron chi connectivity index (χ2n) is 1.60. The molecule has 0 aromatic carbocycles. The first-order chi connectivity index (χ1) is 3.39. The van der Waals surface area contributed by atoms with Crippen LogP contribution in [0.1, 0.15) is 0 Å². The smallest absolute Gasteiger partial charge is 0.143 e. The normalized spacial score (nSPS) is 25.3. The van der Waals surface area contributed by atoms with Crippen molar-refractivity contribution in [2.24, 2.45) is 0 Å². The molecule has 0 unspecified atom stereocenters. The van der Waals surface area contributed by atoms with E-state index in [0.29, 0.717) is 0 Å². The average molecular weight is 130 g/mol. The fourth-order valence-corrected chi connectivity index (χ4v) is 2.01. The molecule has 0 aromatic heterocycles. The summed E-state index contributed by atoms with van der Waals surface area (Å²) in [4.78, 5) is 0. The highest BCUT2D eigenvalue weighted by Crippen LogP contribution is 2.05. The highest BCUT2D eigenvalue weighted by Gasteiger charge is 2.02. The molecule has 1 fully saturated rings. The lowest BCUT2D eigenvalue weighted by Gasteiger charge is -2.20. The van der Waals surface area contributed by atoms with Crippen LogP contribution in [0.4, 0.5) is 0 Å². The molecule has 0 N–H and O–H groups in total. The SMILES string of the molecule is [Si]N1CCSCC1. The molecule has 3 heteroatoms. The third-order valence-electron chi connectivity index (χ3n) is 1.01. The van der Waals surface area contributed by atoms with Crippen molar-refractivity contribution in [2.45, 2.75) is 0 Å². The van der Waals surface area contributed by atoms with Crippen molar-refractivity contribution in [3.05, 3.63) is 0 Å². The zero-order valence-corrected chi connectivity index (χ0v) is 6.00. The Bertz CT molecular complexity index is 53.7. The van der Waals surface area contributed by atoms with E-state index in [1.807, 2.05) is 11.8 Å². The van der Waals surface area contributed by atoms with Crippen LogP contribution in [0.15, 0.2) is 0 Å². The first-order valence-corrected chi connectivity index (χ1v) is 4.04. The van der Waals surface area contributed by atoms with Crippen molar-refractivity contribution in [3.8, 4) is 0 Å². The minimum absolute atomic E-state index is 1.20. The average Bonchev–Trinajstić information content (AvgIpc) is 1.69. The molecule has 1 heterocycles. The van der Waals surface area contributed by atoms with Gasteiger partial charge in [0, 0.05) is 24.6 Å². The number of thioether (sulfide) groups is 1. The van der Waals surface area contributed by atoms with Crippen LogP contribution in [0.2, 0.25) is 0 Å². The van der Waals surface area contributed by atoms with Gasteiger partial charge in [0.05, 0.1) is 0 Å². The molecular weight excluding hydrogens is 122 g/mol. The Hall–Kier alpha value is 0.527. The number of hydrogen-bond acceptors (Lipinski definition) is 2. The van der Waals surface area contributed by atoms with Gasteiger partial charge < -0.3 is 4.57 Å². The molecule has 7 heavy (non-hydrogen) atoms. The molecule has 0 atom stereocenters. The Morgan fingerprint density at radius 2 is 1.86 bits per heavy atom. The minimum atomic E-state index is 1.20. The molecule has 39 valence electrons. The van der Waals surface area contributed by atoms with E-state index in [1.54, 1.807) is 0 Å². The van der Waals surface area contributed by atoms with Crippen LogP contribution in [0.5, 0.6) is 0 Å². The van der Waals surface area contributed by atoms with Crippen LogP contribution in [0.25, 0.3) is 0 Å². The van der Waals surface area contributed by atoms with E-state index in [9.17, 15) is 0 Å². The predicted octanol–water partition coefficient (Wildman–Crippen LogP) is 0.119. The number of nitrogens with zero attached hydrogens (tertiary/aromatic N) is 1. The Labute approximate surface area is 52.0 Å². The van der Waals surface area contributed by atoms with Gasteiger partial charge in [0.15, 0.2) is 0 Å². The molecule has 0 amide bonds. The topological polar surface area (TPSA) is 3.24 Å². The summed E-state index contributed by atoms with van der Waals surface area (Å²) >= 11 is 2.03. The van der Waals surface area contributed by atoms with Gasteiger partial charge in [-0.15, -0.1) is 0 Å². The Balaban J connectivity index is 2.12. The molecule has 0 aliphatic carbocycles. The summed E-state index contributed by atoms with van der Waals surface area (Å²) in [5, 5.41) is 0. The molecule has 0 aromatic rings. The van der Waals surface area contributed by atoms with Crippen molar-refractivity contribution >= 4 is 22.2 Å². The van der Waals surface area contributed by atoms with Crippen molar-refractivity contribution in [3.63, 3.8) is 0 Å². The summed E-state index contributed by atoms with van der Waals surface area (Å²) in [5.74, 6) is 2.56. The first kappa shape index (κ1) is 5.66. The molecule has 1 aliphatic rings. The fraction of sp³-hybridized carbons (Fsp3) is 1.00. The van der Waals surface area contributed by atoms with E-state index >= 15 is 0 Å². The second kappa shape index (κ2) is 2.74. The third-order valence-corrected chi connectivity index (χ3v) is 2.40.